The molecule has 110 valence electrons. The molecule has 21 heavy (non-hydrogen) atoms. The van der Waals surface area contributed by atoms with Gasteiger partial charge in [-0.05, 0) is 17.5 Å². The first-order valence-electron chi connectivity index (χ1n) is 5.94. The molecule has 0 radical (unpaired) electrons. The maximum Gasteiger partial charge on any atom is 0.335 e. The molecule has 0 amide bonds. The van der Waals surface area contributed by atoms with Crippen LogP contribution in [0, 0.1) is 0 Å². The SMILES string of the molecule is C=CCNS(=O)(=O)c1cccc2cc(C(=O)O)c([O-])cc12. The lowest BCUT2D eigenvalue weighted by Gasteiger charge is -2.14. The summed E-state index contributed by atoms with van der Waals surface area (Å²) >= 11 is 0. The van der Waals surface area contributed by atoms with Crippen molar-refractivity contribution in [1.82, 2.24) is 4.72 Å². The fourth-order valence-corrected chi connectivity index (χ4v) is 3.14. The summed E-state index contributed by atoms with van der Waals surface area (Å²) in [6.45, 7) is 3.47. The number of rotatable bonds is 5. The molecule has 0 spiro atoms. The third-order valence-corrected chi connectivity index (χ3v) is 4.36. The average Bonchev–Trinajstić information content (AvgIpc) is 2.43. The Labute approximate surface area is 121 Å². The first-order valence-corrected chi connectivity index (χ1v) is 7.43. The molecule has 0 saturated carbocycles. The summed E-state index contributed by atoms with van der Waals surface area (Å²) in [4.78, 5) is 10.9. The smallest absolute Gasteiger partial charge is 0.335 e. The number of aromatic carboxylic acids is 1. The number of carboxylic acid groups (broad SMARTS) is 1. The molecule has 0 aliphatic carbocycles. The number of hydrogen-bond acceptors (Lipinski definition) is 4. The lowest BCUT2D eigenvalue weighted by atomic mass is 10.1. The van der Waals surface area contributed by atoms with Crippen LogP contribution in [0.15, 0.2) is 47.9 Å². The second kappa shape index (κ2) is 5.55. The Balaban J connectivity index is 2.70. The maximum absolute atomic E-state index is 12.2. The Morgan fingerprint density at radius 3 is 2.71 bits per heavy atom. The normalized spacial score (nSPS) is 11.4. The van der Waals surface area contributed by atoms with Gasteiger partial charge in [-0.3, -0.25) is 0 Å². The molecule has 0 atom stereocenters. The Kier molecular flexibility index (Phi) is 3.97. The van der Waals surface area contributed by atoms with Crippen LogP contribution < -0.4 is 9.83 Å². The van der Waals surface area contributed by atoms with Crippen molar-refractivity contribution in [2.24, 2.45) is 0 Å². The molecular weight excluding hydrogens is 294 g/mol. The van der Waals surface area contributed by atoms with Crippen LogP contribution in [0.2, 0.25) is 0 Å². The van der Waals surface area contributed by atoms with Gasteiger partial charge in [0.2, 0.25) is 10.0 Å². The molecule has 2 aromatic rings. The first-order chi connectivity index (χ1) is 9.86. The number of benzene rings is 2. The van der Waals surface area contributed by atoms with Crippen molar-refractivity contribution >= 4 is 26.8 Å². The summed E-state index contributed by atoms with van der Waals surface area (Å²) in [5, 5.41) is 21.2. The van der Waals surface area contributed by atoms with E-state index in [0.717, 1.165) is 6.07 Å². The standard InChI is InChI=1S/C14H13NO5S/c1-2-6-15-21(19,20)13-5-3-4-9-7-11(14(17)18)12(16)8-10(9)13/h2-5,7-8,15-16H,1,6H2,(H,17,18)/p-1. The fourth-order valence-electron chi connectivity index (χ4n) is 1.92. The lowest BCUT2D eigenvalue weighted by Crippen LogP contribution is -2.23. The summed E-state index contributed by atoms with van der Waals surface area (Å²) in [7, 11) is -3.81. The van der Waals surface area contributed by atoms with Crippen molar-refractivity contribution in [2.45, 2.75) is 4.90 Å². The van der Waals surface area contributed by atoms with Crippen LogP contribution in [0.4, 0.5) is 0 Å². The van der Waals surface area contributed by atoms with Crippen LogP contribution in [-0.2, 0) is 10.0 Å². The van der Waals surface area contributed by atoms with E-state index in [4.69, 9.17) is 5.11 Å². The predicted octanol–water partition coefficient (Wildman–Crippen LogP) is 1.08. The van der Waals surface area contributed by atoms with E-state index in [1.807, 2.05) is 0 Å². The molecule has 7 heteroatoms. The molecule has 6 nitrogen and oxygen atoms in total. The van der Waals surface area contributed by atoms with Crippen molar-refractivity contribution in [3.8, 4) is 5.75 Å². The highest BCUT2D eigenvalue weighted by atomic mass is 32.2. The predicted molar refractivity (Wildman–Crippen MR) is 75.7 cm³/mol. The van der Waals surface area contributed by atoms with Gasteiger partial charge in [-0.2, -0.15) is 0 Å². The van der Waals surface area contributed by atoms with Crippen LogP contribution in [0.25, 0.3) is 10.8 Å². The average molecular weight is 306 g/mol. The van der Waals surface area contributed by atoms with Gasteiger partial charge in [0.1, 0.15) is 0 Å². The van der Waals surface area contributed by atoms with E-state index in [1.54, 1.807) is 6.07 Å². The largest absolute Gasteiger partial charge is 0.872 e. The Morgan fingerprint density at radius 1 is 1.38 bits per heavy atom. The molecule has 0 aliphatic rings. The summed E-state index contributed by atoms with van der Waals surface area (Å²) in [6, 6.07) is 6.59. The number of fused-ring (bicyclic) bond motifs is 1. The first kappa shape index (κ1) is 15.0. The molecule has 0 saturated heterocycles. The molecule has 0 bridgehead atoms. The van der Waals surface area contributed by atoms with Crippen molar-refractivity contribution in [1.29, 1.82) is 0 Å². The van der Waals surface area contributed by atoms with Gasteiger partial charge in [0, 0.05) is 11.9 Å². The minimum atomic E-state index is -3.81. The number of hydrogen-bond donors (Lipinski definition) is 2. The molecule has 2 aromatic carbocycles. The Bertz CT molecular complexity index is 827. The third kappa shape index (κ3) is 2.88. The monoisotopic (exact) mass is 306 g/mol. The number of carboxylic acids is 1. The molecule has 0 aliphatic heterocycles. The zero-order chi connectivity index (χ0) is 15.6. The molecule has 0 fully saturated rings. The minimum absolute atomic E-state index is 0.0517. The molecule has 0 unspecified atom stereocenters. The van der Waals surface area contributed by atoms with Crippen LogP contribution in [0.3, 0.4) is 0 Å². The van der Waals surface area contributed by atoms with Gasteiger partial charge >= 0.3 is 5.97 Å². The van der Waals surface area contributed by atoms with Crippen molar-refractivity contribution in [3.05, 3.63) is 48.6 Å². The molecule has 0 aromatic heterocycles. The summed E-state index contributed by atoms with van der Waals surface area (Å²) in [5.74, 6) is -2.08. The van der Waals surface area contributed by atoms with E-state index >= 15 is 0 Å². The fraction of sp³-hybridized carbons (Fsp3) is 0.0714. The maximum atomic E-state index is 12.2. The zero-order valence-corrected chi connectivity index (χ0v) is 11.7. The van der Waals surface area contributed by atoms with Gasteiger partial charge in [-0.15, -0.1) is 6.58 Å². The quantitative estimate of drug-likeness (QED) is 0.804. The summed E-state index contributed by atoms with van der Waals surface area (Å²) < 4.78 is 26.6. The van der Waals surface area contributed by atoms with Gasteiger partial charge in [0.15, 0.2) is 0 Å². The molecule has 2 N–H and O–H groups in total. The van der Waals surface area contributed by atoms with Gasteiger partial charge in [0.05, 0.1) is 10.5 Å². The van der Waals surface area contributed by atoms with E-state index in [1.165, 1.54) is 24.3 Å². The van der Waals surface area contributed by atoms with E-state index in [0.29, 0.717) is 5.39 Å². The van der Waals surface area contributed by atoms with E-state index in [2.05, 4.69) is 11.3 Å². The van der Waals surface area contributed by atoms with Crippen LogP contribution >= 0.6 is 0 Å². The van der Waals surface area contributed by atoms with E-state index in [9.17, 15) is 18.3 Å². The van der Waals surface area contributed by atoms with Crippen LogP contribution in [0.5, 0.6) is 5.75 Å². The lowest BCUT2D eigenvalue weighted by molar-refractivity contribution is -0.268. The van der Waals surface area contributed by atoms with Crippen molar-refractivity contribution in [2.75, 3.05) is 6.54 Å². The van der Waals surface area contributed by atoms with Gasteiger partial charge in [0.25, 0.3) is 0 Å². The highest BCUT2D eigenvalue weighted by Gasteiger charge is 2.17. The van der Waals surface area contributed by atoms with E-state index in [-0.39, 0.29) is 16.8 Å². The Morgan fingerprint density at radius 2 is 2.10 bits per heavy atom. The summed E-state index contributed by atoms with van der Waals surface area (Å²) in [5.41, 5.74) is -0.393. The number of carbonyl (C=O) groups is 1. The van der Waals surface area contributed by atoms with Gasteiger partial charge in [-0.1, -0.05) is 30.0 Å². The minimum Gasteiger partial charge on any atom is -0.872 e. The highest BCUT2D eigenvalue weighted by Crippen LogP contribution is 2.28. The van der Waals surface area contributed by atoms with Gasteiger partial charge in [-0.25, -0.2) is 17.9 Å². The molecular formula is C14H12NO5S-. The van der Waals surface area contributed by atoms with Crippen molar-refractivity contribution < 1.29 is 23.4 Å². The van der Waals surface area contributed by atoms with Crippen LogP contribution in [-0.4, -0.2) is 26.0 Å². The molecule has 0 heterocycles. The topological polar surface area (TPSA) is 107 Å². The zero-order valence-electron chi connectivity index (χ0n) is 10.9. The van der Waals surface area contributed by atoms with Gasteiger partial charge < -0.3 is 10.2 Å². The highest BCUT2D eigenvalue weighted by molar-refractivity contribution is 7.89. The summed E-state index contributed by atoms with van der Waals surface area (Å²) in [6.07, 6.45) is 1.39. The van der Waals surface area contributed by atoms with Crippen LogP contribution in [0.1, 0.15) is 10.4 Å². The second-order valence-electron chi connectivity index (χ2n) is 4.27. The molecule has 2 rings (SSSR count). The van der Waals surface area contributed by atoms with Crippen molar-refractivity contribution in [3.63, 3.8) is 0 Å². The second-order valence-corrected chi connectivity index (χ2v) is 6.01. The third-order valence-electron chi connectivity index (χ3n) is 2.88. The Hall–Kier alpha value is -2.38. The number of nitrogens with one attached hydrogen (secondary N) is 1. The van der Waals surface area contributed by atoms with E-state index < -0.39 is 27.3 Å². The number of sulfonamides is 1.